The summed E-state index contributed by atoms with van der Waals surface area (Å²) in [5.41, 5.74) is 1.96. The van der Waals surface area contributed by atoms with Crippen LogP contribution in [-0.2, 0) is 13.2 Å². The van der Waals surface area contributed by atoms with Gasteiger partial charge in [0, 0.05) is 6.20 Å². The van der Waals surface area contributed by atoms with Gasteiger partial charge in [-0.1, -0.05) is 49.7 Å². The van der Waals surface area contributed by atoms with Crippen LogP contribution in [0, 0.1) is 5.82 Å². The molecular weight excluding hydrogens is 445 g/mol. The fourth-order valence-corrected chi connectivity index (χ4v) is 3.43. The molecule has 0 spiro atoms. The molecule has 6 nitrogen and oxygen atoms in total. The highest BCUT2D eigenvalue weighted by Crippen LogP contribution is 2.22. The van der Waals surface area contributed by atoms with Crippen LogP contribution in [0.25, 0.3) is 0 Å². The van der Waals surface area contributed by atoms with Gasteiger partial charge in [0.05, 0.1) is 6.54 Å². The third-order valence-electron chi connectivity index (χ3n) is 5.00. The van der Waals surface area contributed by atoms with Crippen molar-refractivity contribution in [1.29, 1.82) is 0 Å². The van der Waals surface area contributed by atoms with E-state index in [1.165, 1.54) is 22.4 Å². The first-order chi connectivity index (χ1) is 15.9. The standard InChI is InChI=1S/C25H23ClFN3O3/c1-16(2)18-6-8-20(9-7-18)32-15-21-10-11-23(33-21)25(31)28-24-22(26)14-30(29-24)13-17-4-3-5-19(27)12-17/h3-12,14,16H,13,15H2,1-2H3,(H,28,29,31). The number of halogens is 2. The number of hydrogen-bond acceptors (Lipinski definition) is 4. The Kier molecular flexibility index (Phi) is 6.79. The molecular formula is C25H23ClFN3O3. The minimum Gasteiger partial charge on any atom is -0.486 e. The molecule has 0 unspecified atom stereocenters. The van der Waals surface area contributed by atoms with Gasteiger partial charge in [-0.15, -0.1) is 0 Å². The summed E-state index contributed by atoms with van der Waals surface area (Å²) in [6.07, 6.45) is 1.56. The Bertz CT molecular complexity index is 1250. The van der Waals surface area contributed by atoms with E-state index in [4.69, 9.17) is 20.8 Å². The van der Waals surface area contributed by atoms with Crippen molar-refractivity contribution in [1.82, 2.24) is 9.78 Å². The van der Waals surface area contributed by atoms with E-state index in [1.807, 2.05) is 24.3 Å². The number of amides is 1. The summed E-state index contributed by atoms with van der Waals surface area (Å²) in [5, 5.41) is 7.17. The van der Waals surface area contributed by atoms with Gasteiger partial charge < -0.3 is 14.5 Å². The van der Waals surface area contributed by atoms with Crippen molar-refractivity contribution in [2.45, 2.75) is 32.9 Å². The molecule has 2 aromatic carbocycles. The molecule has 0 radical (unpaired) electrons. The highest BCUT2D eigenvalue weighted by Gasteiger charge is 2.16. The molecule has 4 rings (SSSR count). The van der Waals surface area contributed by atoms with Gasteiger partial charge in [0.15, 0.2) is 11.6 Å². The average Bonchev–Trinajstić information content (AvgIpc) is 3.39. The fraction of sp³-hybridized carbons (Fsp3) is 0.200. The van der Waals surface area contributed by atoms with Crippen LogP contribution in [-0.4, -0.2) is 15.7 Å². The number of hydrogen-bond donors (Lipinski definition) is 1. The summed E-state index contributed by atoms with van der Waals surface area (Å²) in [7, 11) is 0. The van der Waals surface area contributed by atoms with Crippen LogP contribution in [0.1, 0.15) is 47.2 Å². The van der Waals surface area contributed by atoms with Crippen molar-refractivity contribution >= 4 is 23.3 Å². The number of benzene rings is 2. The fourth-order valence-electron chi connectivity index (χ4n) is 3.24. The van der Waals surface area contributed by atoms with Crippen LogP contribution in [0.3, 0.4) is 0 Å². The van der Waals surface area contributed by atoms with Gasteiger partial charge in [0.2, 0.25) is 0 Å². The van der Waals surface area contributed by atoms with Crippen LogP contribution in [0.4, 0.5) is 10.2 Å². The van der Waals surface area contributed by atoms with Gasteiger partial charge in [-0.3, -0.25) is 9.48 Å². The Morgan fingerprint density at radius 2 is 1.97 bits per heavy atom. The Morgan fingerprint density at radius 1 is 1.18 bits per heavy atom. The molecule has 2 heterocycles. The van der Waals surface area contributed by atoms with E-state index in [-0.39, 0.29) is 29.0 Å². The summed E-state index contributed by atoms with van der Waals surface area (Å²) in [4.78, 5) is 12.6. The smallest absolute Gasteiger partial charge is 0.292 e. The predicted octanol–water partition coefficient (Wildman–Crippen LogP) is 6.27. The van der Waals surface area contributed by atoms with Crippen molar-refractivity contribution in [3.8, 4) is 5.75 Å². The molecule has 4 aromatic rings. The molecule has 0 saturated carbocycles. The van der Waals surface area contributed by atoms with Crippen LogP contribution in [0.2, 0.25) is 5.02 Å². The van der Waals surface area contributed by atoms with Gasteiger partial charge in [0.25, 0.3) is 5.91 Å². The monoisotopic (exact) mass is 467 g/mol. The first kappa shape index (κ1) is 22.6. The van der Waals surface area contributed by atoms with E-state index in [0.717, 1.165) is 11.3 Å². The first-order valence-electron chi connectivity index (χ1n) is 10.5. The second-order valence-corrected chi connectivity index (χ2v) is 8.29. The summed E-state index contributed by atoms with van der Waals surface area (Å²) >= 11 is 6.20. The predicted molar refractivity (Wildman–Crippen MR) is 124 cm³/mol. The molecule has 1 N–H and O–H groups in total. The number of furan rings is 1. The largest absolute Gasteiger partial charge is 0.486 e. The molecule has 0 atom stereocenters. The van der Waals surface area contributed by atoms with Gasteiger partial charge in [-0.2, -0.15) is 5.10 Å². The van der Waals surface area contributed by atoms with Gasteiger partial charge in [-0.05, 0) is 53.4 Å². The summed E-state index contributed by atoms with van der Waals surface area (Å²) in [6.45, 7) is 4.77. The van der Waals surface area contributed by atoms with Crippen molar-refractivity contribution in [2.24, 2.45) is 0 Å². The summed E-state index contributed by atoms with van der Waals surface area (Å²) < 4.78 is 26.2. The van der Waals surface area contributed by atoms with Crippen molar-refractivity contribution in [3.63, 3.8) is 0 Å². The van der Waals surface area contributed by atoms with E-state index in [1.54, 1.807) is 30.5 Å². The highest BCUT2D eigenvalue weighted by atomic mass is 35.5. The zero-order chi connectivity index (χ0) is 23.4. The Balaban J connectivity index is 1.35. The molecule has 0 fully saturated rings. The highest BCUT2D eigenvalue weighted by molar-refractivity contribution is 6.33. The maximum Gasteiger partial charge on any atom is 0.292 e. The lowest BCUT2D eigenvalue weighted by Crippen LogP contribution is -2.12. The molecule has 33 heavy (non-hydrogen) atoms. The number of rotatable bonds is 8. The number of nitrogens with one attached hydrogen (secondary N) is 1. The topological polar surface area (TPSA) is 69.3 Å². The van der Waals surface area contributed by atoms with E-state index < -0.39 is 5.91 Å². The zero-order valence-corrected chi connectivity index (χ0v) is 19.0. The molecule has 2 aromatic heterocycles. The second kappa shape index (κ2) is 9.92. The van der Waals surface area contributed by atoms with Crippen LogP contribution in [0.5, 0.6) is 5.75 Å². The molecule has 0 aliphatic carbocycles. The van der Waals surface area contributed by atoms with Crippen molar-refractivity contribution in [2.75, 3.05) is 5.32 Å². The van der Waals surface area contributed by atoms with Gasteiger partial charge in [0.1, 0.15) is 29.0 Å². The van der Waals surface area contributed by atoms with E-state index in [2.05, 4.69) is 24.3 Å². The lowest BCUT2D eigenvalue weighted by Gasteiger charge is -2.08. The van der Waals surface area contributed by atoms with Gasteiger partial charge in [-0.25, -0.2) is 4.39 Å². The molecule has 1 amide bonds. The van der Waals surface area contributed by atoms with E-state index >= 15 is 0 Å². The minimum atomic E-state index is -0.486. The Hall–Kier alpha value is -3.58. The summed E-state index contributed by atoms with van der Waals surface area (Å²) in [6, 6.07) is 17.3. The Morgan fingerprint density at radius 3 is 2.70 bits per heavy atom. The van der Waals surface area contributed by atoms with Crippen LogP contribution >= 0.6 is 11.6 Å². The molecule has 0 bridgehead atoms. The van der Waals surface area contributed by atoms with E-state index in [9.17, 15) is 9.18 Å². The Labute approximate surface area is 195 Å². The number of nitrogens with zero attached hydrogens (tertiary/aromatic N) is 2. The van der Waals surface area contributed by atoms with E-state index in [0.29, 0.717) is 18.2 Å². The lowest BCUT2D eigenvalue weighted by atomic mass is 10.0. The molecule has 8 heteroatoms. The maximum atomic E-state index is 13.4. The average molecular weight is 468 g/mol. The number of anilines is 1. The number of aromatic nitrogens is 2. The molecule has 0 aliphatic heterocycles. The van der Waals surface area contributed by atoms with Crippen molar-refractivity contribution < 1.29 is 18.3 Å². The minimum absolute atomic E-state index is 0.111. The number of carbonyl (C=O) groups is 1. The quantitative estimate of drug-likeness (QED) is 0.331. The third kappa shape index (κ3) is 5.81. The lowest BCUT2D eigenvalue weighted by molar-refractivity contribution is 0.0992. The van der Waals surface area contributed by atoms with Crippen molar-refractivity contribution in [3.05, 3.63) is 100 Å². The normalized spacial score (nSPS) is 11.1. The van der Waals surface area contributed by atoms with Crippen LogP contribution in [0.15, 0.2) is 71.3 Å². The van der Waals surface area contributed by atoms with Gasteiger partial charge >= 0.3 is 0 Å². The van der Waals surface area contributed by atoms with Crippen LogP contribution < -0.4 is 10.1 Å². The molecule has 0 saturated heterocycles. The zero-order valence-electron chi connectivity index (χ0n) is 18.2. The SMILES string of the molecule is CC(C)c1ccc(OCc2ccc(C(=O)Nc3nn(Cc4cccc(F)c4)cc3Cl)o2)cc1. The molecule has 170 valence electrons. The number of ether oxygens (including phenoxy) is 1. The first-order valence-corrected chi connectivity index (χ1v) is 10.9. The third-order valence-corrected chi connectivity index (χ3v) is 5.27. The number of carbonyl (C=O) groups excluding carboxylic acids is 1. The maximum absolute atomic E-state index is 13.4. The molecule has 0 aliphatic rings. The second-order valence-electron chi connectivity index (χ2n) is 7.89. The summed E-state index contributed by atoms with van der Waals surface area (Å²) in [5.74, 6) is 1.17.